The third kappa shape index (κ3) is 4.70. The second-order valence-electron chi connectivity index (χ2n) is 6.67. The number of hydrogen-bond donors (Lipinski definition) is 2. The summed E-state index contributed by atoms with van der Waals surface area (Å²) >= 11 is 0. The Hall–Kier alpha value is -3.58. The number of benzene rings is 2. The minimum atomic E-state index is -7.00. The molecule has 0 aromatic heterocycles. The summed E-state index contributed by atoms with van der Waals surface area (Å²) < 4.78 is 122. The normalized spacial score (nSPS) is 12.6. The quantitative estimate of drug-likeness (QED) is 0.484. The van der Waals surface area contributed by atoms with E-state index in [2.05, 4.69) is 0 Å². The Morgan fingerprint density at radius 1 is 0.647 bits per heavy atom. The molecule has 0 aliphatic heterocycles. The maximum absolute atomic E-state index is 14.1. The number of halogens is 8. The largest absolute Gasteiger partial charge is 0.497 e. The van der Waals surface area contributed by atoms with Crippen molar-refractivity contribution in [3.63, 3.8) is 0 Å². The monoisotopic (exact) mass is 500 g/mol. The summed E-state index contributed by atoms with van der Waals surface area (Å²) in [6, 6.07) is 8.41. The summed E-state index contributed by atoms with van der Waals surface area (Å²) in [7, 11) is 2.28. The van der Waals surface area contributed by atoms with E-state index in [0.29, 0.717) is 0 Å². The van der Waals surface area contributed by atoms with Crippen LogP contribution in [0.25, 0.3) is 0 Å². The molecule has 0 aliphatic rings. The van der Waals surface area contributed by atoms with Gasteiger partial charge in [-0.1, -0.05) is 12.1 Å². The van der Waals surface area contributed by atoms with Crippen LogP contribution in [0.2, 0.25) is 0 Å². The number of rotatable bonds is 9. The predicted molar refractivity (Wildman–Crippen MR) is 103 cm³/mol. The Kier molecular flexibility index (Phi) is 7.33. The second-order valence-corrected chi connectivity index (χ2v) is 6.67. The first kappa shape index (κ1) is 26.7. The van der Waals surface area contributed by atoms with Gasteiger partial charge in [-0.25, -0.2) is 0 Å². The number of anilines is 2. The zero-order valence-corrected chi connectivity index (χ0v) is 17.3. The highest BCUT2D eigenvalue weighted by Crippen LogP contribution is 2.53. The van der Waals surface area contributed by atoms with Crippen LogP contribution < -0.4 is 20.1 Å². The minimum Gasteiger partial charge on any atom is -0.497 e. The van der Waals surface area contributed by atoms with Crippen molar-refractivity contribution in [1.82, 2.24) is 0 Å². The molecule has 2 rings (SSSR count). The number of alkyl halides is 8. The molecule has 2 amide bonds. The molecule has 0 bridgehead atoms. The number of ether oxygens (including phenoxy) is 2. The topological polar surface area (TPSA) is 76.7 Å². The Bertz CT molecular complexity index is 979. The van der Waals surface area contributed by atoms with Crippen LogP contribution in [0, 0.1) is 0 Å². The van der Waals surface area contributed by atoms with E-state index in [0.717, 1.165) is 50.6 Å². The zero-order valence-electron chi connectivity index (χ0n) is 17.3. The molecule has 0 radical (unpaired) electrons. The van der Waals surface area contributed by atoms with Gasteiger partial charge >= 0.3 is 35.5 Å². The van der Waals surface area contributed by atoms with Crippen LogP contribution >= 0.6 is 0 Å². The molecule has 0 unspecified atom stereocenters. The highest BCUT2D eigenvalue weighted by molar-refractivity contribution is 5.99. The average Bonchev–Trinajstić information content (AvgIpc) is 2.78. The third-order valence-electron chi connectivity index (χ3n) is 4.41. The Balaban J connectivity index is 2.32. The molecule has 0 fully saturated rings. The van der Waals surface area contributed by atoms with Crippen molar-refractivity contribution in [3.8, 4) is 11.5 Å². The Morgan fingerprint density at radius 3 is 1.26 bits per heavy atom. The van der Waals surface area contributed by atoms with Crippen molar-refractivity contribution < 1.29 is 54.2 Å². The molecule has 0 heterocycles. The molecule has 0 aliphatic carbocycles. The van der Waals surface area contributed by atoms with Crippen molar-refractivity contribution in [1.29, 1.82) is 0 Å². The lowest BCUT2D eigenvalue weighted by Crippen LogP contribution is -2.67. The van der Waals surface area contributed by atoms with Crippen molar-refractivity contribution in [2.24, 2.45) is 0 Å². The highest BCUT2D eigenvalue weighted by Gasteiger charge is 2.84. The molecule has 2 aromatic rings. The number of nitrogens with one attached hydrogen (secondary N) is 2. The Labute approximate surface area is 186 Å². The van der Waals surface area contributed by atoms with Gasteiger partial charge in [0.15, 0.2) is 0 Å². The fraction of sp³-hybridized carbons (Fsp3) is 0.300. The molecule has 0 saturated heterocycles. The first-order valence-electron chi connectivity index (χ1n) is 9.04. The van der Waals surface area contributed by atoms with E-state index in [1.54, 1.807) is 0 Å². The van der Waals surface area contributed by atoms with Crippen LogP contribution in [0.1, 0.15) is 0 Å². The van der Waals surface area contributed by atoms with Gasteiger partial charge in [-0.05, 0) is 24.3 Å². The lowest BCUT2D eigenvalue weighted by Gasteiger charge is -2.35. The average molecular weight is 500 g/mol. The standard InChI is InChI=1S/C20H16F8N2O4/c1-33-13-7-3-5-11(9-13)29-15(31)17(21,22)19(25,26)20(27,28)18(23,24)16(32)30-12-6-4-8-14(10-12)34-2/h3-10H,1-2H3,(H,29,31)(H,30,32). The summed E-state index contributed by atoms with van der Waals surface area (Å²) in [6.07, 6.45) is 0. The van der Waals surface area contributed by atoms with E-state index >= 15 is 0 Å². The SMILES string of the molecule is COc1cccc(NC(=O)C(F)(F)C(F)(F)C(F)(F)C(F)(F)C(=O)Nc2cccc(OC)c2)c1. The summed E-state index contributed by atoms with van der Waals surface area (Å²) in [5.41, 5.74) is -1.16. The molecule has 186 valence electrons. The molecule has 34 heavy (non-hydrogen) atoms. The van der Waals surface area contributed by atoms with Crippen molar-refractivity contribution in [2.45, 2.75) is 23.7 Å². The van der Waals surface area contributed by atoms with Gasteiger partial charge in [-0.2, -0.15) is 35.1 Å². The smallest absolute Gasteiger partial charge is 0.393 e. The Morgan fingerprint density at radius 2 is 0.971 bits per heavy atom. The first-order valence-corrected chi connectivity index (χ1v) is 9.04. The van der Waals surface area contributed by atoms with Gasteiger partial charge in [0.05, 0.1) is 14.2 Å². The molecule has 14 heteroatoms. The van der Waals surface area contributed by atoms with Gasteiger partial charge in [0.25, 0.3) is 0 Å². The number of hydrogen-bond acceptors (Lipinski definition) is 4. The molecule has 0 atom stereocenters. The maximum atomic E-state index is 14.1. The second kappa shape index (κ2) is 9.35. The molecule has 0 saturated carbocycles. The van der Waals surface area contributed by atoms with E-state index in [-0.39, 0.29) is 11.5 Å². The summed E-state index contributed by atoms with van der Waals surface area (Å²) in [4.78, 5) is 23.4. The minimum absolute atomic E-state index is 0.0287. The van der Waals surface area contributed by atoms with E-state index < -0.39 is 46.9 Å². The fourth-order valence-corrected chi connectivity index (χ4v) is 2.50. The van der Waals surface area contributed by atoms with Gasteiger partial charge in [-0.3, -0.25) is 9.59 Å². The fourth-order valence-electron chi connectivity index (χ4n) is 2.50. The maximum Gasteiger partial charge on any atom is 0.393 e. The number of methoxy groups -OCH3 is 2. The van der Waals surface area contributed by atoms with Crippen LogP contribution in [-0.4, -0.2) is 49.7 Å². The van der Waals surface area contributed by atoms with E-state index in [9.17, 15) is 44.7 Å². The predicted octanol–water partition coefficient (Wildman–Crippen LogP) is 4.82. The summed E-state index contributed by atoms with van der Waals surface area (Å²) in [5.74, 6) is -32.9. The van der Waals surface area contributed by atoms with Crippen molar-refractivity contribution >= 4 is 23.2 Å². The summed E-state index contributed by atoms with van der Waals surface area (Å²) in [6.45, 7) is 0. The lowest BCUT2D eigenvalue weighted by molar-refractivity contribution is -0.345. The highest BCUT2D eigenvalue weighted by atomic mass is 19.4. The van der Waals surface area contributed by atoms with E-state index in [1.165, 1.54) is 22.8 Å². The van der Waals surface area contributed by atoms with Crippen LogP contribution in [0.5, 0.6) is 11.5 Å². The van der Waals surface area contributed by atoms with Crippen LogP contribution in [0.15, 0.2) is 48.5 Å². The van der Waals surface area contributed by atoms with Gasteiger partial charge in [-0.15, -0.1) is 0 Å². The van der Waals surface area contributed by atoms with Crippen molar-refractivity contribution in [2.75, 3.05) is 24.9 Å². The lowest BCUT2D eigenvalue weighted by atomic mass is 9.97. The van der Waals surface area contributed by atoms with Crippen LogP contribution in [0.3, 0.4) is 0 Å². The number of carbonyl (C=O) groups excluding carboxylic acids is 2. The molecule has 6 nitrogen and oxygen atoms in total. The first-order chi connectivity index (χ1) is 15.6. The molecular weight excluding hydrogens is 484 g/mol. The van der Waals surface area contributed by atoms with E-state index in [1.807, 2.05) is 0 Å². The van der Waals surface area contributed by atoms with Crippen LogP contribution in [0.4, 0.5) is 46.5 Å². The molecule has 2 aromatic carbocycles. The van der Waals surface area contributed by atoms with Crippen molar-refractivity contribution in [3.05, 3.63) is 48.5 Å². The number of carbonyl (C=O) groups is 2. The number of amides is 2. The summed E-state index contributed by atoms with van der Waals surface area (Å²) in [5, 5.41) is 2.45. The zero-order chi connectivity index (χ0) is 25.9. The van der Waals surface area contributed by atoms with Gasteiger partial charge in [0, 0.05) is 23.5 Å². The van der Waals surface area contributed by atoms with Gasteiger partial charge in [0.2, 0.25) is 0 Å². The van der Waals surface area contributed by atoms with Gasteiger partial charge in [0.1, 0.15) is 11.5 Å². The third-order valence-corrected chi connectivity index (χ3v) is 4.41. The van der Waals surface area contributed by atoms with E-state index in [4.69, 9.17) is 9.47 Å². The van der Waals surface area contributed by atoms with Crippen LogP contribution in [-0.2, 0) is 9.59 Å². The van der Waals surface area contributed by atoms with Gasteiger partial charge < -0.3 is 20.1 Å². The molecule has 2 N–H and O–H groups in total. The molecule has 0 spiro atoms. The molecular formula is C20H16F8N2O4.